The maximum atomic E-state index is 11.8. The Hall–Kier alpha value is -2.73. The normalized spacial score (nSPS) is 15.7. The van der Waals surface area contributed by atoms with Crippen LogP contribution in [0.2, 0.25) is 5.02 Å². The summed E-state index contributed by atoms with van der Waals surface area (Å²) in [7, 11) is 0. The number of hydrogen-bond acceptors (Lipinski definition) is 4. The van der Waals surface area contributed by atoms with Gasteiger partial charge in [0.25, 0.3) is 11.8 Å². The van der Waals surface area contributed by atoms with Gasteiger partial charge in [-0.05, 0) is 46.2 Å². The Balaban J connectivity index is 0.000000186. The minimum Gasteiger partial charge on any atom is -0.491 e. The highest BCUT2D eigenvalue weighted by Gasteiger charge is 2.24. The van der Waals surface area contributed by atoms with Crippen LogP contribution >= 0.6 is 11.6 Å². The summed E-state index contributed by atoms with van der Waals surface area (Å²) in [5.41, 5.74) is 3.32. The molecule has 0 saturated heterocycles. The number of amides is 2. The lowest BCUT2D eigenvalue weighted by Gasteiger charge is -2.22. The molecular formula is C26H33ClN2O4. The number of nitrogens with one attached hydrogen (secondary N) is 2. The van der Waals surface area contributed by atoms with E-state index < -0.39 is 0 Å². The Bertz CT molecular complexity index is 1050. The second-order valence-corrected chi connectivity index (χ2v) is 10.7. The van der Waals surface area contributed by atoms with Gasteiger partial charge in [0.05, 0.1) is 24.2 Å². The van der Waals surface area contributed by atoms with Crippen LogP contribution in [-0.2, 0) is 10.8 Å². The third-order valence-corrected chi connectivity index (χ3v) is 5.82. The van der Waals surface area contributed by atoms with Crippen LogP contribution in [0, 0.1) is 0 Å². The van der Waals surface area contributed by atoms with E-state index in [-0.39, 0.29) is 22.6 Å². The van der Waals surface area contributed by atoms with Gasteiger partial charge in [0.15, 0.2) is 0 Å². The van der Waals surface area contributed by atoms with Crippen LogP contribution in [0.3, 0.4) is 0 Å². The molecule has 0 saturated carbocycles. The number of halogens is 1. The Kier molecular flexibility index (Phi) is 7.27. The third-order valence-electron chi connectivity index (χ3n) is 5.50. The molecule has 2 heterocycles. The van der Waals surface area contributed by atoms with Crippen LogP contribution in [0.1, 0.15) is 73.4 Å². The zero-order valence-electron chi connectivity index (χ0n) is 20.2. The predicted octanol–water partition coefficient (Wildman–Crippen LogP) is 4.87. The van der Waals surface area contributed by atoms with Crippen LogP contribution in [0.25, 0.3) is 0 Å². The molecule has 0 aliphatic carbocycles. The van der Waals surface area contributed by atoms with Gasteiger partial charge < -0.3 is 20.1 Å². The molecule has 2 aliphatic rings. The van der Waals surface area contributed by atoms with Crippen molar-refractivity contribution in [3.8, 4) is 11.5 Å². The van der Waals surface area contributed by atoms with E-state index in [9.17, 15) is 9.59 Å². The number of hydrogen-bond donors (Lipinski definition) is 2. The van der Waals surface area contributed by atoms with Crippen molar-refractivity contribution in [1.29, 1.82) is 0 Å². The first kappa shape index (κ1) is 24.9. The van der Waals surface area contributed by atoms with E-state index in [2.05, 4.69) is 52.2 Å². The molecule has 0 bridgehead atoms. The highest BCUT2D eigenvalue weighted by Crippen LogP contribution is 2.35. The minimum absolute atomic E-state index is 0.0482. The van der Waals surface area contributed by atoms with E-state index in [0.717, 1.165) is 5.56 Å². The van der Waals surface area contributed by atoms with Crippen LogP contribution in [0.15, 0.2) is 30.3 Å². The summed E-state index contributed by atoms with van der Waals surface area (Å²) in [5.74, 6) is 1.14. The lowest BCUT2D eigenvalue weighted by atomic mass is 9.86. The van der Waals surface area contributed by atoms with Gasteiger partial charge in [-0.1, -0.05) is 59.2 Å². The van der Waals surface area contributed by atoms with Crippen molar-refractivity contribution in [2.24, 2.45) is 0 Å². The lowest BCUT2D eigenvalue weighted by molar-refractivity contribution is 0.0949. The summed E-state index contributed by atoms with van der Waals surface area (Å²) >= 11 is 6.23. The number of rotatable bonds is 0. The zero-order valence-corrected chi connectivity index (χ0v) is 21.0. The van der Waals surface area contributed by atoms with E-state index in [4.69, 9.17) is 21.1 Å². The molecule has 0 fully saturated rings. The van der Waals surface area contributed by atoms with Gasteiger partial charge in [-0.15, -0.1) is 0 Å². The number of carbonyl (C=O) groups excluding carboxylic acids is 2. The van der Waals surface area contributed by atoms with E-state index >= 15 is 0 Å². The van der Waals surface area contributed by atoms with Crippen molar-refractivity contribution in [3.05, 3.63) is 57.6 Å². The first-order valence-corrected chi connectivity index (χ1v) is 11.6. The van der Waals surface area contributed by atoms with E-state index in [1.165, 1.54) is 5.56 Å². The van der Waals surface area contributed by atoms with Crippen LogP contribution < -0.4 is 20.1 Å². The maximum absolute atomic E-state index is 11.8. The highest BCUT2D eigenvalue weighted by atomic mass is 35.5. The summed E-state index contributed by atoms with van der Waals surface area (Å²) < 4.78 is 11.1. The van der Waals surface area contributed by atoms with Gasteiger partial charge in [0, 0.05) is 5.02 Å². The van der Waals surface area contributed by atoms with Crippen molar-refractivity contribution in [2.45, 2.75) is 52.4 Å². The largest absolute Gasteiger partial charge is 0.491 e. The van der Waals surface area contributed by atoms with Crippen molar-refractivity contribution in [1.82, 2.24) is 10.6 Å². The first-order chi connectivity index (χ1) is 15.4. The van der Waals surface area contributed by atoms with Crippen LogP contribution in [0.4, 0.5) is 0 Å². The molecule has 7 heteroatoms. The number of fused-ring (bicyclic) bond motifs is 2. The molecule has 0 radical (unpaired) electrons. The lowest BCUT2D eigenvalue weighted by Crippen LogP contribution is -2.24. The monoisotopic (exact) mass is 472 g/mol. The SMILES string of the molecule is CC(C)(C)c1cc2c(cc1Cl)C(=O)NCCO2.CC(C)(C)c1ccc2c(c1)OCCNC2=O. The molecule has 0 aromatic heterocycles. The van der Waals surface area contributed by atoms with Gasteiger partial charge in [-0.25, -0.2) is 0 Å². The molecule has 2 aliphatic heterocycles. The number of carbonyl (C=O) groups is 2. The summed E-state index contributed by atoms with van der Waals surface area (Å²) in [6.07, 6.45) is 0. The standard InChI is InChI=1S/C13H16ClNO2.C13H17NO2/c1-13(2,3)9-7-11-8(6-10(9)14)12(16)15-4-5-17-11;1-13(2,3)9-4-5-10-11(8-9)16-7-6-14-12(10)15/h6-7H,4-5H2,1-3H3,(H,15,16);4-5,8H,6-7H2,1-3H3,(H,14,15). The zero-order chi connectivity index (χ0) is 24.4. The van der Waals surface area contributed by atoms with Gasteiger partial charge in [-0.3, -0.25) is 9.59 Å². The van der Waals surface area contributed by atoms with Gasteiger partial charge in [-0.2, -0.15) is 0 Å². The summed E-state index contributed by atoms with van der Waals surface area (Å²) in [6.45, 7) is 14.8. The molecule has 0 unspecified atom stereocenters. The quantitative estimate of drug-likeness (QED) is 0.573. The number of ether oxygens (including phenoxy) is 2. The number of benzene rings is 2. The van der Waals surface area contributed by atoms with Gasteiger partial charge in [0.1, 0.15) is 24.7 Å². The maximum Gasteiger partial charge on any atom is 0.255 e. The van der Waals surface area contributed by atoms with Gasteiger partial charge in [0.2, 0.25) is 0 Å². The highest BCUT2D eigenvalue weighted by molar-refractivity contribution is 6.32. The fourth-order valence-electron chi connectivity index (χ4n) is 3.56. The summed E-state index contributed by atoms with van der Waals surface area (Å²) in [6, 6.07) is 9.38. The smallest absolute Gasteiger partial charge is 0.255 e. The summed E-state index contributed by atoms with van der Waals surface area (Å²) in [4.78, 5) is 23.4. The van der Waals surface area contributed by atoms with Crippen LogP contribution in [0.5, 0.6) is 11.5 Å². The van der Waals surface area contributed by atoms with Crippen molar-refractivity contribution in [3.63, 3.8) is 0 Å². The van der Waals surface area contributed by atoms with Gasteiger partial charge >= 0.3 is 0 Å². The predicted molar refractivity (Wildman–Crippen MR) is 131 cm³/mol. The molecule has 2 aromatic carbocycles. The average molecular weight is 473 g/mol. The van der Waals surface area contributed by atoms with Crippen molar-refractivity contribution >= 4 is 23.4 Å². The molecule has 2 N–H and O–H groups in total. The van der Waals surface area contributed by atoms with E-state index in [1.54, 1.807) is 6.07 Å². The van der Waals surface area contributed by atoms with Crippen molar-refractivity contribution < 1.29 is 19.1 Å². The van der Waals surface area contributed by atoms with Crippen molar-refractivity contribution in [2.75, 3.05) is 26.3 Å². The second kappa shape index (κ2) is 9.64. The molecule has 0 spiro atoms. The summed E-state index contributed by atoms with van der Waals surface area (Å²) in [5, 5.41) is 6.17. The molecule has 2 aromatic rings. The molecule has 6 nitrogen and oxygen atoms in total. The van der Waals surface area contributed by atoms with Crippen LogP contribution in [-0.4, -0.2) is 38.1 Å². The topological polar surface area (TPSA) is 76.7 Å². The molecule has 33 heavy (non-hydrogen) atoms. The minimum atomic E-state index is -0.125. The molecule has 2 amide bonds. The van der Waals surface area contributed by atoms with E-state index in [1.807, 2.05) is 24.3 Å². The Labute approximate surface area is 201 Å². The molecule has 178 valence electrons. The fourth-order valence-corrected chi connectivity index (χ4v) is 4.01. The Morgan fingerprint density at radius 1 is 0.758 bits per heavy atom. The average Bonchev–Trinajstić information content (AvgIpc) is 3.02. The third kappa shape index (κ3) is 5.99. The van der Waals surface area contributed by atoms with E-state index in [0.29, 0.717) is 54.0 Å². The Morgan fingerprint density at radius 3 is 1.85 bits per heavy atom. The molecular weight excluding hydrogens is 440 g/mol. The molecule has 4 rings (SSSR count). The molecule has 0 atom stereocenters. The second-order valence-electron chi connectivity index (χ2n) is 10.2. The fraction of sp³-hybridized carbons (Fsp3) is 0.462. The first-order valence-electron chi connectivity index (χ1n) is 11.2. The Morgan fingerprint density at radius 2 is 1.30 bits per heavy atom.